The fraction of sp³-hybridized carbons (Fsp3) is 0.280. The summed E-state index contributed by atoms with van der Waals surface area (Å²) in [5.41, 5.74) is 2.07. The molecule has 0 saturated carbocycles. The fourth-order valence-corrected chi connectivity index (χ4v) is 3.98. The number of furan rings is 1. The summed E-state index contributed by atoms with van der Waals surface area (Å²) < 4.78 is 10.6. The van der Waals surface area contributed by atoms with Crippen LogP contribution in [0.25, 0.3) is 0 Å². The number of ether oxygens (including phenoxy) is 1. The second kappa shape index (κ2) is 10.0. The third kappa shape index (κ3) is 4.94. The summed E-state index contributed by atoms with van der Waals surface area (Å²) in [6.07, 6.45) is 3.18. The van der Waals surface area contributed by atoms with Crippen molar-refractivity contribution in [2.75, 3.05) is 25.1 Å². The number of para-hydroxylation sites is 2. The van der Waals surface area contributed by atoms with Crippen LogP contribution in [0.3, 0.4) is 0 Å². The zero-order valence-corrected chi connectivity index (χ0v) is 18.0. The number of carbonyl (C=O) groups excluding carboxylic acids is 2. The van der Waals surface area contributed by atoms with E-state index >= 15 is 0 Å². The van der Waals surface area contributed by atoms with Crippen molar-refractivity contribution in [3.63, 3.8) is 0 Å². The molecule has 0 bridgehead atoms. The Hall–Kier alpha value is -3.74. The smallest absolute Gasteiger partial charge is 0.255 e. The molecule has 2 heterocycles. The molecule has 7 nitrogen and oxygen atoms in total. The highest BCUT2D eigenvalue weighted by molar-refractivity contribution is 6.00. The molecule has 0 unspecified atom stereocenters. The number of anilines is 1. The maximum absolute atomic E-state index is 12.8. The van der Waals surface area contributed by atoms with Crippen molar-refractivity contribution in [3.05, 3.63) is 83.8 Å². The first kappa shape index (κ1) is 21.5. The van der Waals surface area contributed by atoms with Crippen LogP contribution in [0.5, 0.6) is 5.75 Å². The highest BCUT2D eigenvalue weighted by Crippen LogP contribution is 2.25. The number of amides is 2. The lowest BCUT2D eigenvalue weighted by Crippen LogP contribution is -2.45. The van der Waals surface area contributed by atoms with Crippen molar-refractivity contribution in [3.8, 4) is 5.75 Å². The van der Waals surface area contributed by atoms with Gasteiger partial charge in [-0.05, 0) is 49.2 Å². The molecule has 3 aromatic rings. The lowest BCUT2D eigenvalue weighted by molar-refractivity contribution is 0.0926. The van der Waals surface area contributed by atoms with Crippen LogP contribution >= 0.6 is 0 Å². The van der Waals surface area contributed by atoms with Gasteiger partial charge in [0.1, 0.15) is 11.5 Å². The van der Waals surface area contributed by atoms with Crippen LogP contribution in [0.15, 0.2) is 71.3 Å². The van der Waals surface area contributed by atoms with E-state index in [9.17, 15) is 9.59 Å². The maximum atomic E-state index is 12.8. The predicted molar refractivity (Wildman–Crippen MR) is 122 cm³/mol. The first-order valence-corrected chi connectivity index (χ1v) is 10.7. The van der Waals surface area contributed by atoms with Crippen LogP contribution in [-0.2, 0) is 6.54 Å². The lowest BCUT2D eigenvalue weighted by atomic mass is 10.0. The fourth-order valence-electron chi connectivity index (χ4n) is 3.98. The molecule has 0 atom stereocenters. The van der Waals surface area contributed by atoms with Crippen molar-refractivity contribution in [2.24, 2.45) is 0 Å². The number of methoxy groups -OCH3 is 1. The van der Waals surface area contributed by atoms with Gasteiger partial charge in [0.2, 0.25) is 0 Å². The maximum Gasteiger partial charge on any atom is 0.255 e. The van der Waals surface area contributed by atoms with E-state index in [4.69, 9.17) is 9.15 Å². The van der Waals surface area contributed by atoms with Crippen molar-refractivity contribution in [1.82, 2.24) is 10.6 Å². The third-order valence-electron chi connectivity index (χ3n) is 5.67. The standard InChI is InChI=1S/C25H27N3O4/c1-31-23-11-5-3-9-21(23)25(30)27-18-12-14-28(15-13-18)22-10-4-2-8-20(22)24(29)26-17-19-7-6-16-32-19/h2-11,16,18H,12-15,17H2,1H3,(H,26,29)(H,27,30). The zero-order chi connectivity index (χ0) is 22.3. The minimum Gasteiger partial charge on any atom is -0.496 e. The molecule has 1 fully saturated rings. The van der Waals surface area contributed by atoms with Crippen LogP contribution in [-0.4, -0.2) is 38.1 Å². The summed E-state index contributed by atoms with van der Waals surface area (Å²) in [7, 11) is 1.56. The van der Waals surface area contributed by atoms with Crippen molar-refractivity contribution >= 4 is 17.5 Å². The molecule has 32 heavy (non-hydrogen) atoms. The van der Waals surface area contributed by atoms with Crippen LogP contribution in [0.1, 0.15) is 39.3 Å². The summed E-state index contributed by atoms with van der Waals surface area (Å²) in [6.45, 7) is 1.84. The number of nitrogens with one attached hydrogen (secondary N) is 2. The molecule has 166 valence electrons. The first-order chi connectivity index (χ1) is 15.7. The summed E-state index contributed by atoms with van der Waals surface area (Å²) >= 11 is 0. The number of nitrogens with zero attached hydrogens (tertiary/aromatic N) is 1. The van der Waals surface area contributed by atoms with E-state index in [1.54, 1.807) is 31.6 Å². The Bertz CT molecular complexity index is 1060. The van der Waals surface area contributed by atoms with Gasteiger partial charge >= 0.3 is 0 Å². The second-order valence-corrected chi connectivity index (χ2v) is 7.71. The number of benzene rings is 2. The highest BCUT2D eigenvalue weighted by atomic mass is 16.5. The Kier molecular flexibility index (Phi) is 6.75. The Balaban J connectivity index is 1.36. The number of carbonyl (C=O) groups is 2. The Labute approximate surface area is 187 Å². The highest BCUT2D eigenvalue weighted by Gasteiger charge is 2.24. The van der Waals surface area contributed by atoms with Gasteiger partial charge in [0, 0.05) is 24.8 Å². The summed E-state index contributed by atoms with van der Waals surface area (Å²) in [6, 6.07) is 18.5. The van der Waals surface area contributed by atoms with Crippen LogP contribution in [0, 0.1) is 0 Å². The predicted octanol–water partition coefficient (Wildman–Crippen LogP) is 3.62. The molecule has 1 saturated heterocycles. The van der Waals surface area contributed by atoms with E-state index in [1.165, 1.54) is 0 Å². The minimum absolute atomic E-state index is 0.0728. The van der Waals surface area contributed by atoms with Gasteiger partial charge in [0.05, 0.1) is 31.0 Å². The van der Waals surface area contributed by atoms with Gasteiger partial charge in [-0.15, -0.1) is 0 Å². The topological polar surface area (TPSA) is 83.8 Å². The Morgan fingerprint density at radius 3 is 2.41 bits per heavy atom. The molecule has 1 aliphatic heterocycles. The number of rotatable bonds is 7. The van der Waals surface area contributed by atoms with Gasteiger partial charge in [0.25, 0.3) is 11.8 Å². The SMILES string of the molecule is COc1ccccc1C(=O)NC1CCN(c2ccccc2C(=O)NCc2ccco2)CC1. The van der Waals surface area contributed by atoms with E-state index in [-0.39, 0.29) is 17.9 Å². The van der Waals surface area contributed by atoms with Crippen molar-refractivity contribution in [1.29, 1.82) is 0 Å². The molecule has 4 rings (SSSR count). The molecule has 1 aliphatic rings. The Morgan fingerprint density at radius 1 is 0.969 bits per heavy atom. The molecule has 2 N–H and O–H groups in total. The average Bonchev–Trinajstić information content (AvgIpc) is 3.37. The van der Waals surface area contributed by atoms with Gasteiger partial charge in [0.15, 0.2) is 0 Å². The van der Waals surface area contributed by atoms with Gasteiger partial charge in [-0.3, -0.25) is 9.59 Å². The average molecular weight is 434 g/mol. The monoisotopic (exact) mass is 433 g/mol. The molecule has 0 aliphatic carbocycles. The van der Waals surface area contributed by atoms with E-state index in [0.717, 1.165) is 31.6 Å². The number of piperidine rings is 1. The van der Waals surface area contributed by atoms with Crippen LogP contribution in [0.2, 0.25) is 0 Å². The molecular weight excluding hydrogens is 406 g/mol. The second-order valence-electron chi connectivity index (χ2n) is 7.71. The minimum atomic E-state index is -0.136. The molecule has 7 heteroatoms. The normalized spacial score (nSPS) is 14.1. The van der Waals surface area contributed by atoms with Gasteiger partial charge in [-0.2, -0.15) is 0 Å². The van der Waals surface area contributed by atoms with E-state index in [2.05, 4.69) is 15.5 Å². The van der Waals surface area contributed by atoms with E-state index < -0.39 is 0 Å². The lowest BCUT2D eigenvalue weighted by Gasteiger charge is -2.35. The first-order valence-electron chi connectivity index (χ1n) is 10.7. The molecule has 2 aromatic carbocycles. The number of hydrogen-bond donors (Lipinski definition) is 2. The summed E-state index contributed by atoms with van der Waals surface area (Å²) in [5.74, 6) is 1.02. The quantitative estimate of drug-likeness (QED) is 0.595. The number of hydrogen-bond acceptors (Lipinski definition) is 5. The van der Waals surface area contributed by atoms with Crippen LogP contribution in [0.4, 0.5) is 5.69 Å². The van der Waals surface area contributed by atoms with Gasteiger partial charge < -0.3 is 24.7 Å². The van der Waals surface area contributed by atoms with E-state index in [1.807, 2.05) is 42.5 Å². The molecule has 2 amide bonds. The van der Waals surface area contributed by atoms with Gasteiger partial charge in [-0.25, -0.2) is 0 Å². The van der Waals surface area contributed by atoms with Crippen molar-refractivity contribution in [2.45, 2.75) is 25.4 Å². The molecule has 1 aromatic heterocycles. The Morgan fingerprint density at radius 2 is 1.69 bits per heavy atom. The largest absolute Gasteiger partial charge is 0.496 e. The third-order valence-corrected chi connectivity index (χ3v) is 5.67. The molecule has 0 radical (unpaired) electrons. The summed E-state index contributed by atoms with van der Waals surface area (Å²) in [5, 5.41) is 6.04. The molecular formula is C25H27N3O4. The van der Waals surface area contributed by atoms with Crippen molar-refractivity contribution < 1.29 is 18.7 Å². The van der Waals surface area contributed by atoms with E-state index in [0.29, 0.717) is 29.2 Å². The summed E-state index contributed by atoms with van der Waals surface area (Å²) in [4.78, 5) is 27.7. The molecule has 0 spiro atoms. The van der Waals surface area contributed by atoms with Crippen LogP contribution < -0.4 is 20.3 Å². The van der Waals surface area contributed by atoms with Gasteiger partial charge in [-0.1, -0.05) is 24.3 Å². The zero-order valence-electron chi connectivity index (χ0n) is 18.0.